The van der Waals surface area contributed by atoms with Crippen LogP contribution in [0, 0.1) is 0 Å². The molecule has 15 heavy (non-hydrogen) atoms. The minimum Gasteiger partial charge on any atom is -0.354 e. The van der Waals surface area contributed by atoms with Crippen molar-refractivity contribution < 1.29 is 0 Å². The highest BCUT2D eigenvalue weighted by Crippen LogP contribution is 2.14. The Morgan fingerprint density at radius 3 is 2.73 bits per heavy atom. The van der Waals surface area contributed by atoms with Gasteiger partial charge in [0.15, 0.2) is 5.43 Å². The summed E-state index contributed by atoms with van der Waals surface area (Å²) >= 11 is 0. The molecule has 3 aromatic rings. The molecule has 3 rings (SSSR count). The van der Waals surface area contributed by atoms with Crippen LogP contribution in [0.2, 0.25) is 0 Å². The van der Waals surface area contributed by atoms with Crippen molar-refractivity contribution in [3.8, 4) is 0 Å². The van der Waals surface area contributed by atoms with Gasteiger partial charge in [-0.05, 0) is 12.1 Å². The van der Waals surface area contributed by atoms with Crippen LogP contribution in [0.5, 0.6) is 0 Å². The first-order chi connectivity index (χ1) is 7.25. The molecule has 74 valence electrons. The largest absolute Gasteiger partial charge is 0.354 e. The summed E-state index contributed by atoms with van der Waals surface area (Å²) < 4.78 is 1.89. The molecule has 0 amide bonds. The fourth-order valence-corrected chi connectivity index (χ4v) is 1.94. The molecule has 2 aromatic heterocycles. The van der Waals surface area contributed by atoms with Gasteiger partial charge in [0.1, 0.15) is 0 Å². The van der Waals surface area contributed by atoms with Crippen LogP contribution in [0.1, 0.15) is 0 Å². The number of H-pyrrole nitrogens is 1. The average molecular weight is 198 g/mol. The Kier molecular flexibility index (Phi) is 1.51. The highest BCUT2D eigenvalue weighted by Gasteiger charge is 2.05. The summed E-state index contributed by atoms with van der Waals surface area (Å²) in [6.07, 6.45) is 3.77. The molecule has 0 saturated heterocycles. The third-order valence-corrected chi connectivity index (χ3v) is 2.64. The number of nitrogens with one attached hydrogen (secondary N) is 1. The highest BCUT2D eigenvalue weighted by atomic mass is 16.1. The molecule has 0 spiro atoms. The summed E-state index contributed by atoms with van der Waals surface area (Å²) in [5.74, 6) is 0. The summed E-state index contributed by atoms with van der Waals surface area (Å²) in [6.45, 7) is 0. The third-order valence-electron chi connectivity index (χ3n) is 2.64. The lowest BCUT2D eigenvalue weighted by molar-refractivity contribution is 0.932. The van der Waals surface area contributed by atoms with E-state index in [0.29, 0.717) is 0 Å². The lowest BCUT2D eigenvalue weighted by Gasteiger charge is -1.96. The van der Waals surface area contributed by atoms with Crippen molar-refractivity contribution in [1.82, 2.24) is 9.55 Å². The number of nitrogens with zero attached hydrogens (tertiary/aromatic N) is 1. The van der Waals surface area contributed by atoms with Gasteiger partial charge < -0.3 is 9.55 Å². The first-order valence-electron chi connectivity index (χ1n) is 4.82. The number of para-hydroxylation sites is 1. The number of rotatable bonds is 0. The van der Waals surface area contributed by atoms with E-state index in [1.807, 2.05) is 48.3 Å². The van der Waals surface area contributed by atoms with E-state index in [9.17, 15) is 4.79 Å². The van der Waals surface area contributed by atoms with Crippen molar-refractivity contribution in [3.63, 3.8) is 0 Å². The lowest BCUT2D eigenvalue weighted by Crippen LogP contribution is -2.01. The molecular formula is C12H10N2O. The number of hydrogen-bond donors (Lipinski definition) is 1. The molecular weight excluding hydrogens is 188 g/mol. The lowest BCUT2D eigenvalue weighted by atomic mass is 10.2. The van der Waals surface area contributed by atoms with Crippen molar-refractivity contribution in [2.75, 3.05) is 0 Å². The molecule has 0 saturated carbocycles. The number of aromatic amines is 1. The van der Waals surface area contributed by atoms with Crippen LogP contribution in [0.4, 0.5) is 0 Å². The molecule has 3 nitrogen and oxygen atoms in total. The maximum atomic E-state index is 12.1. The molecule has 0 aliphatic carbocycles. The van der Waals surface area contributed by atoms with E-state index in [-0.39, 0.29) is 5.43 Å². The Morgan fingerprint density at radius 2 is 1.87 bits per heavy atom. The van der Waals surface area contributed by atoms with Crippen molar-refractivity contribution in [2.45, 2.75) is 0 Å². The van der Waals surface area contributed by atoms with Gasteiger partial charge in [0, 0.05) is 30.3 Å². The topological polar surface area (TPSA) is 37.8 Å². The minimum absolute atomic E-state index is 0.0972. The SMILES string of the molecule is Cn1cc2[nH]c3ccccc3c(=O)c2c1. The van der Waals surface area contributed by atoms with Gasteiger partial charge in [-0.3, -0.25) is 4.79 Å². The fraction of sp³-hybridized carbons (Fsp3) is 0.0833. The Bertz CT molecular complexity index is 706. The number of aryl methyl sites for hydroxylation is 1. The summed E-state index contributed by atoms with van der Waals surface area (Å²) in [5, 5.41) is 1.49. The van der Waals surface area contributed by atoms with Gasteiger partial charge in [-0.15, -0.1) is 0 Å². The fourth-order valence-electron chi connectivity index (χ4n) is 1.94. The van der Waals surface area contributed by atoms with Crippen molar-refractivity contribution in [2.24, 2.45) is 7.05 Å². The number of benzene rings is 1. The minimum atomic E-state index is 0.0972. The van der Waals surface area contributed by atoms with Crippen LogP contribution in [0.3, 0.4) is 0 Å². The number of hydrogen-bond acceptors (Lipinski definition) is 1. The molecule has 0 fully saturated rings. The van der Waals surface area contributed by atoms with Gasteiger partial charge in [0.05, 0.1) is 10.9 Å². The molecule has 0 aliphatic heterocycles. The zero-order valence-corrected chi connectivity index (χ0v) is 8.32. The normalized spacial score (nSPS) is 11.3. The summed E-state index contributed by atoms with van der Waals surface area (Å²) in [4.78, 5) is 15.3. The first kappa shape index (κ1) is 8.29. The van der Waals surface area contributed by atoms with Crippen molar-refractivity contribution >= 4 is 21.8 Å². The van der Waals surface area contributed by atoms with E-state index < -0.39 is 0 Å². The summed E-state index contributed by atoms with van der Waals surface area (Å²) in [7, 11) is 1.91. The van der Waals surface area contributed by atoms with E-state index in [2.05, 4.69) is 4.98 Å². The molecule has 3 heteroatoms. The average Bonchev–Trinajstić information content (AvgIpc) is 2.59. The standard InChI is InChI=1S/C12H10N2O/c1-14-6-9-11(7-14)13-10-5-3-2-4-8(10)12(9)15/h2-7,13H,1H3. The number of fused-ring (bicyclic) bond motifs is 2. The second-order valence-corrected chi connectivity index (χ2v) is 3.75. The van der Waals surface area contributed by atoms with E-state index >= 15 is 0 Å². The van der Waals surface area contributed by atoms with Crippen molar-refractivity contribution in [1.29, 1.82) is 0 Å². The predicted molar refractivity (Wildman–Crippen MR) is 61.0 cm³/mol. The van der Waals surface area contributed by atoms with Crippen LogP contribution in [0.25, 0.3) is 21.8 Å². The molecule has 0 unspecified atom stereocenters. The van der Waals surface area contributed by atoms with Crippen LogP contribution >= 0.6 is 0 Å². The Labute approximate surface area is 86.0 Å². The Balaban J connectivity index is 2.65. The van der Waals surface area contributed by atoms with E-state index in [1.165, 1.54) is 0 Å². The van der Waals surface area contributed by atoms with Crippen LogP contribution in [-0.4, -0.2) is 9.55 Å². The van der Waals surface area contributed by atoms with Gasteiger partial charge in [-0.2, -0.15) is 0 Å². The molecule has 0 aliphatic rings. The number of pyridine rings is 1. The highest BCUT2D eigenvalue weighted by molar-refractivity contribution is 5.92. The van der Waals surface area contributed by atoms with Crippen molar-refractivity contribution in [3.05, 3.63) is 46.9 Å². The van der Waals surface area contributed by atoms with Gasteiger partial charge in [0.25, 0.3) is 0 Å². The van der Waals surface area contributed by atoms with Gasteiger partial charge >= 0.3 is 0 Å². The summed E-state index contributed by atoms with van der Waals surface area (Å²) in [6, 6.07) is 7.57. The number of aromatic nitrogens is 2. The monoisotopic (exact) mass is 198 g/mol. The second-order valence-electron chi connectivity index (χ2n) is 3.75. The maximum absolute atomic E-state index is 12.1. The second kappa shape index (κ2) is 2.73. The molecule has 2 heterocycles. The zero-order valence-electron chi connectivity index (χ0n) is 8.32. The van der Waals surface area contributed by atoms with Crippen LogP contribution < -0.4 is 5.43 Å². The smallest absolute Gasteiger partial charge is 0.198 e. The summed E-state index contributed by atoms with van der Waals surface area (Å²) in [5.41, 5.74) is 1.88. The van der Waals surface area contributed by atoms with Gasteiger partial charge in [-0.1, -0.05) is 12.1 Å². The van der Waals surface area contributed by atoms with Crippen LogP contribution in [0.15, 0.2) is 41.5 Å². The quantitative estimate of drug-likeness (QED) is 0.589. The molecule has 1 aromatic carbocycles. The van der Waals surface area contributed by atoms with Crippen LogP contribution in [-0.2, 0) is 7.05 Å². The molecule has 0 radical (unpaired) electrons. The third kappa shape index (κ3) is 1.09. The molecule has 1 N–H and O–H groups in total. The zero-order chi connectivity index (χ0) is 10.4. The first-order valence-corrected chi connectivity index (χ1v) is 4.82. The van der Waals surface area contributed by atoms with E-state index in [1.54, 1.807) is 0 Å². The van der Waals surface area contributed by atoms with Gasteiger partial charge in [-0.25, -0.2) is 0 Å². The molecule has 0 atom stereocenters. The molecule has 0 bridgehead atoms. The maximum Gasteiger partial charge on any atom is 0.198 e. The Morgan fingerprint density at radius 1 is 1.07 bits per heavy atom. The van der Waals surface area contributed by atoms with E-state index in [0.717, 1.165) is 21.8 Å². The predicted octanol–water partition coefficient (Wildman–Crippen LogP) is 2.02. The van der Waals surface area contributed by atoms with E-state index in [4.69, 9.17) is 0 Å². The Hall–Kier alpha value is -2.03. The van der Waals surface area contributed by atoms with Gasteiger partial charge in [0.2, 0.25) is 0 Å².